The third-order valence-corrected chi connectivity index (χ3v) is 3.87. The molecule has 0 saturated carbocycles. The van der Waals surface area contributed by atoms with Crippen molar-refractivity contribution in [3.05, 3.63) is 64.5 Å². The third kappa shape index (κ3) is 2.91. The summed E-state index contributed by atoms with van der Waals surface area (Å²) in [6.07, 6.45) is 0. The predicted molar refractivity (Wildman–Crippen MR) is 70.3 cm³/mol. The van der Waals surface area contributed by atoms with Crippen LogP contribution in [0.2, 0.25) is 0 Å². The van der Waals surface area contributed by atoms with Gasteiger partial charge < -0.3 is 0 Å². The first kappa shape index (κ1) is 13.9. The van der Waals surface area contributed by atoms with E-state index in [-0.39, 0.29) is 11.4 Å². The number of nitrogens with one attached hydrogen (secondary N) is 1. The van der Waals surface area contributed by atoms with Gasteiger partial charge in [-0.05, 0) is 24.3 Å². The Kier molecular flexibility index (Phi) is 3.66. The van der Waals surface area contributed by atoms with Crippen molar-refractivity contribution in [1.82, 2.24) is 0 Å². The third-order valence-electron chi connectivity index (χ3n) is 2.46. The first-order valence-electron chi connectivity index (χ1n) is 5.42. The molecule has 0 fully saturated rings. The van der Waals surface area contributed by atoms with E-state index in [0.29, 0.717) is 0 Å². The molecule has 20 heavy (non-hydrogen) atoms. The number of anilines is 1. The van der Waals surface area contributed by atoms with E-state index in [2.05, 4.69) is 4.72 Å². The van der Waals surface area contributed by atoms with Crippen LogP contribution in [0.25, 0.3) is 0 Å². The van der Waals surface area contributed by atoms with Crippen LogP contribution in [0.15, 0.2) is 53.4 Å². The summed E-state index contributed by atoms with van der Waals surface area (Å²) >= 11 is 0. The van der Waals surface area contributed by atoms with Crippen LogP contribution < -0.4 is 4.72 Å². The summed E-state index contributed by atoms with van der Waals surface area (Å²) in [4.78, 5) is 9.39. The molecule has 0 aliphatic carbocycles. The van der Waals surface area contributed by atoms with Crippen molar-refractivity contribution >= 4 is 21.4 Å². The second kappa shape index (κ2) is 5.25. The molecule has 0 aliphatic heterocycles. The number of non-ortho nitro benzene ring substituents is 1. The fourth-order valence-corrected chi connectivity index (χ4v) is 2.66. The topological polar surface area (TPSA) is 89.3 Å². The first-order chi connectivity index (χ1) is 9.40. The lowest BCUT2D eigenvalue weighted by Gasteiger charge is -2.08. The van der Waals surface area contributed by atoms with Crippen molar-refractivity contribution in [2.75, 3.05) is 4.72 Å². The van der Waals surface area contributed by atoms with Crippen molar-refractivity contribution in [3.8, 4) is 0 Å². The molecule has 0 bridgehead atoms. The number of hydrogen-bond acceptors (Lipinski definition) is 4. The minimum atomic E-state index is -4.07. The van der Waals surface area contributed by atoms with E-state index in [9.17, 15) is 22.9 Å². The summed E-state index contributed by atoms with van der Waals surface area (Å²) in [5.74, 6) is -0.873. The van der Waals surface area contributed by atoms with E-state index in [4.69, 9.17) is 0 Å². The van der Waals surface area contributed by atoms with Crippen LogP contribution in [0, 0.1) is 15.9 Å². The normalized spacial score (nSPS) is 11.1. The molecule has 0 spiro atoms. The van der Waals surface area contributed by atoms with Gasteiger partial charge in [0, 0.05) is 17.8 Å². The highest BCUT2D eigenvalue weighted by molar-refractivity contribution is 7.92. The lowest BCUT2D eigenvalue weighted by Crippen LogP contribution is -2.14. The molecular formula is C12H9FN2O4S. The van der Waals surface area contributed by atoms with Gasteiger partial charge in [-0.1, -0.05) is 12.1 Å². The highest BCUT2D eigenvalue weighted by Crippen LogP contribution is 2.20. The number of nitro benzene ring substituents is 1. The molecule has 0 unspecified atom stereocenters. The van der Waals surface area contributed by atoms with E-state index in [1.54, 1.807) is 0 Å². The number of halogens is 1. The Morgan fingerprint density at radius 1 is 1.05 bits per heavy atom. The van der Waals surface area contributed by atoms with Gasteiger partial charge in [-0.15, -0.1) is 0 Å². The van der Waals surface area contributed by atoms with E-state index in [1.807, 2.05) is 0 Å². The Hall–Kier alpha value is -2.48. The Morgan fingerprint density at radius 2 is 1.65 bits per heavy atom. The maximum absolute atomic E-state index is 13.4. The first-order valence-corrected chi connectivity index (χ1v) is 6.90. The summed E-state index contributed by atoms with van der Waals surface area (Å²) in [7, 11) is -4.07. The van der Waals surface area contributed by atoms with E-state index < -0.39 is 25.7 Å². The lowest BCUT2D eigenvalue weighted by atomic mass is 10.3. The van der Waals surface area contributed by atoms with Crippen LogP contribution in [-0.4, -0.2) is 13.3 Å². The second-order valence-corrected chi connectivity index (χ2v) is 5.49. The summed E-state index contributed by atoms with van der Waals surface area (Å²) in [6, 6.07) is 9.70. The van der Waals surface area contributed by atoms with Gasteiger partial charge in [0.15, 0.2) is 0 Å². The molecule has 0 atom stereocenters. The summed E-state index contributed by atoms with van der Waals surface area (Å²) in [5, 5.41) is 10.5. The minimum absolute atomic E-state index is 0.110. The van der Waals surface area contributed by atoms with Crippen LogP contribution in [0.3, 0.4) is 0 Å². The molecule has 0 radical (unpaired) electrons. The zero-order chi connectivity index (χ0) is 14.8. The molecule has 0 saturated heterocycles. The maximum Gasteiger partial charge on any atom is 0.269 e. The summed E-state index contributed by atoms with van der Waals surface area (Å²) in [6.45, 7) is 0. The fraction of sp³-hybridized carbons (Fsp3) is 0. The van der Waals surface area contributed by atoms with Gasteiger partial charge in [0.2, 0.25) is 0 Å². The Bertz CT molecular complexity index is 744. The Labute approximate surface area is 114 Å². The molecule has 6 nitrogen and oxygen atoms in total. The molecule has 2 aromatic carbocycles. The molecular weight excluding hydrogens is 287 g/mol. The average Bonchev–Trinajstić information content (AvgIpc) is 2.39. The van der Waals surface area contributed by atoms with Crippen LogP contribution in [-0.2, 0) is 10.0 Å². The maximum atomic E-state index is 13.4. The van der Waals surface area contributed by atoms with Crippen molar-refractivity contribution in [2.45, 2.75) is 4.90 Å². The van der Waals surface area contributed by atoms with Crippen molar-refractivity contribution in [3.63, 3.8) is 0 Å². The summed E-state index contributed by atoms with van der Waals surface area (Å²) < 4.78 is 39.5. The highest BCUT2D eigenvalue weighted by atomic mass is 32.2. The van der Waals surface area contributed by atoms with Gasteiger partial charge in [0.05, 0.1) is 4.92 Å². The second-order valence-electron chi connectivity index (χ2n) is 3.84. The quantitative estimate of drug-likeness (QED) is 0.693. The molecule has 1 N–H and O–H groups in total. The van der Waals surface area contributed by atoms with Crippen LogP contribution >= 0.6 is 0 Å². The predicted octanol–water partition coefficient (Wildman–Crippen LogP) is 2.53. The minimum Gasteiger partial charge on any atom is -0.280 e. The largest absolute Gasteiger partial charge is 0.280 e. The van der Waals surface area contributed by atoms with Crippen molar-refractivity contribution in [1.29, 1.82) is 0 Å². The van der Waals surface area contributed by atoms with Gasteiger partial charge >= 0.3 is 0 Å². The van der Waals surface area contributed by atoms with Gasteiger partial charge in [-0.3, -0.25) is 14.8 Å². The van der Waals surface area contributed by atoms with Crippen LogP contribution in [0.1, 0.15) is 0 Å². The number of nitro groups is 1. The molecule has 8 heteroatoms. The van der Waals surface area contributed by atoms with Crippen LogP contribution in [0.4, 0.5) is 15.8 Å². The number of rotatable bonds is 4. The van der Waals surface area contributed by atoms with Gasteiger partial charge in [-0.25, -0.2) is 12.8 Å². The van der Waals surface area contributed by atoms with Gasteiger partial charge in [0.1, 0.15) is 10.7 Å². The SMILES string of the molecule is O=[N+]([O-])c1ccc(NS(=O)(=O)c2ccccc2F)cc1. The fourth-order valence-electron chi connectivity index (χ4n) is 1.52. The summed E-state index contributed by atoms with van der Waals surface area (Å²) in [5.41, 5.74) is -0.0577. The highest BCUT2D eigenvalue weighted by Gasteiger charge is 2.18. The van der Waals surface area contributed by atoms with Crippen molar-refractivity contribution < 1.29 is 17.7 Å². The molecule has 0 heterocycles. The molecule has 2 aromatic rings. The number of nitrogens with zero attached hydrogens (tertiary/aromatic N) is 1. The average molecular weight is 296 g/mol. The molecule has 104 valence electrons. The van der Waals surface area contributed by atoms with Gasteiger partial charge in [-0.2, -0.15) is 0 Å². The number of benzene rings is 2. The standard InChI is InChI=1S/C12H9FN2O4S/c13-11-3-1-2-4-12(11)20(18,19)14-9-5-7-10(8-6-9)15(16)17/h1-8,14H. The van der Waals surface area contributed by atoms with Crippen LogP contribution in [0.5, 0.6) is 0 Å². The molecule has 2 rings (SSSR count). The van der Waals surface area contributed by atoms with E-state index >= 15 is 0 Å². The number of hydrogen-bond donors (Lipinski definition) is 1. The lowest BCUT2D eigenvalue weighted by molar-refractivity contribution is -0.384. The Morgan fingerprint density at radius 3 is 2.20 bits per heavy atom. The van der Waals surface area contributed by atoms with E-state index in [1.165, 1.54) is 24.3 Å². The van der Waals surface area contributed by atoms with Gasteiger partial charge in [0.25, 0.3) is 15.7 Å². The monoisotopic (exact) mass is 296 g/mol. The number of sulfonamides is 1. The smallest absolute Gasteiger partial charge is 0.269 e. The molecule has 0 aliphatic rings. The van der Waals surface area contributed by atoms with E-state index in [0.717, 1.165) is 24.3 Å². The zero-order valence-corrected chi connectivity index (χ0v) is 10.8. The molecule has 0 aromatic heterocycles. The Balaban J connectivity index is 2.29. The molecule has 0 amide bonds. The zero-order valence-electron chi connectivity index (χ0n) is 9.99. The van der Waals surface area contributed by atoms with Crippen molar-refractivity contribution in [2.24, 2.45) is 0 Å².